The van der Waals surface area contributed by atoms with Gasteiger partial charge in [0.25, 0.3) is 0 Å². The number of nitrogens with zero attached hydrogens (tertiary/aromatic N) is 2. The summed E-state index contributed by atoms with van der Waals surface area (Å²) in [6.45, 7) is 6.77. The van der Waals surface area contributed by atoms with Crippen molar-refractivity contribution in [3.63, 3.8) is 0 Å². The molecule has 0 spiro atoms. The van der Waals surface area contributed by atoms with Crippen LogP contribution in [0.1, 0.15) is 31.4 Å². The Hall–Kier alpha value is -3.77. The van der Waals surface area contributed by atoms with Gasteiger partial charge in [-0.05, 0) is 59.7 Å². The Labute approximate surface area is 206 Å². The molecule has 1 atom stereocenters. The van der Waals surface area contributed by atoms with Crippen molar-refractivity contribution >= 4 is 5.97 Å². The van der Waals surface area contributed by atoms with E-state index in [1.807, 2.05) is 54.6 Å². The highest BCUT2D eigenvalue weighted by molar-refractivity contribution is 5.76. The van der Waals surface area contributed by atoms with Crippen molar-refractivity contribution in [3.8, 4) is 34.0 Å². The summed E-state index contributed by atoms with van der Waals surface area (Å²) in [6.07, 6.45) is 0.709. The Kier molecular flexibility index (Phi) is 7.73. The van der Waals surface area contributed by atoms with Crippen molar-refractivity contribution in [2.75, 3.05) is 7.11 Å². The molecule has 3 aromatic carbocycles. The van der Waals surface area contributed by atoms with Crippen molar-refractivity contribution in [3.05, 3.63) is 83.9 Å². The van der Waals surface area contributed by atoms with Crippen molar-refractivity contribution in [2.45, 2.75) is 39.8 Å². The van der Waals surface area contributed by atoms with Crippen molar-refractivity contribution in [1.82, 2.24) is 15.5 Å². The van der Waals surface area contributed by atoms with Crippen LogP contribution in [0.15, 0.2) is 77.2 Å². The fourth-order valence-electron chi connectivity index (χ4n) is 4.18. The molecule has 6 heteroatoms. The molecule has 1 N–H and O–H groups in total. The molecule has 0 aliphatic carbocycles. The van der Waals surface area contributed by atoms with Crippen LogP contribution in [0.5, 0.6) is 0 Å². The third-order valence-corrected chi connectivity index (χ3v) is 5.99. The SMILES string of the molecule is COC(=O)C(CC(C)C)NCc1cccc(-c2nnc(-c3cccc(-c4ccccc4)c3C)o2)c1. The van der Waals surface area contributed by atoms with Crippen molar-refractivity contribution in [2.24, 2.45) is 5.92 Å². The fraction of sp³-hybridized carbons (Fsp3) is 0.276. The molecule has 0 aliphatic heterocycles. The summed E-state index contributed by atoms with van der Waals surface area (Å²) in [5.74, 6) is 1.07. The zero-order valence-corrected chi connectivity index (χ0v) is 20.6. The van der Waals surface area contributed by atoms with E-state index in [2.05, 4.69) is 54.5 Å². The lowest BCUT2D eigenvalue weighted by Gasteiger charge is -2.18. The van der Waals surface area contributed by atoms with Gasteiger partial charge in [0.05, 0.1) is 7.11 Å². The minimum Gasteiger partial charge on any atom is -0.468 e. The van der Waals surface area contributed by atoms with Gasteiger partial charge < -0.3 is 14.5 Å². The molecule has 0 fully saturated rings. The second-order valence-corrected chi connectivity index (χ2v) is 9.04. The van der Waals surface area contributed by atoms with Gasteiger partial charge in [-0.15, -0.1) is 10.2 Å². The quantitative estimate of drug-likeness (QED) is 0.300. The number of hydrogen-bond acceptors (Lipinski definition) is 6. The van der Waals surface area contributed by atoms with E-state index in [1.165, 1.54) is 7.11 Å². The highest BCUT2D eigenvalue weighted by atomic mass is 16.5. The predicted octanol–water partition coefficient (Wildman–Crippen LogP) is 6.06. The number of rotatable bonds is 9. The Bertz CT molecular complexity index is 1280. The van der Waals surface area contributed by atoms with Crippen LogP contribution in [0.3, 0.4) is 0 Å². The molecule has 0 radical (unpaired) electrons. The molecular weight excluding hydrogens is 438 g/mol. The van der Waals surface area contributed by atoms with Gasteiger partial charge in [0.1, 0.15) is 6.04 Å². The second kappa shape index (κ2) is 11.1. The summed E-state index contributed by atoms with van der Waals surface area (Å²) in [5, 5.41) is 12.0. The van der Waals surface area contributed by atoms with E-state index in [-0.39, 0.29) is 12.0 Å². The van der Waals surface area contributed by atoms with Gasteiger partial charge in [0.2, 0.25) is 11.8 Å². The number of methoxy groups -OCH3 is 1. The predicted molar refractivity (Wildman–Crippen MR) is 137 cm³/mol. The molecule has 1 heterocycles. The van der Waals surface area contributed by atoms with Gasteiger partial charge in [-0.25, -0.2) is 0 Å². The third-order valence-electron chi connectivity index (χ3n) is 5.99. The maximum Gasteiger partial charge on any atom is 0.322 e. The first kappa shape index (κ1) is 24.4. The highest BCUT2D eigenvalue weighted by Crippen LogP contribution is 2.32. The minimum absolute atomic E-state index is 0.246. The first-order valence-electron chi connectivity index (χ1n) is 11.9. The molecule has 180 valence electrons. The zero-order valence-electron chi connectivity index (χ0n) is 20.6. The number of ether oxygens (including phenoxy) is 1. The molecule has 0 bridgehead atoms. The van der Waals surface area contributed by atoms with Gasteiger partial charge in [0, 0.05) is 17.7 Å². The summed E-state index contributed by atoms with van der Waals surface area (Å²) in [4.78, 5) is 12.1. The highest BCUT2D eigenvalue weighted by Gasteiger charge is 2.20. The Morgan fingerprint density at radius 3 is 2.34 bits per heavy atom. The molecule has 0 saturated heterocycles. The Balaban J connectivity index is 1.54. The number of hydrogen-bond donors (Lipinski definition) is 1. The number of nitrogens with one attached hydrogen (secondary N) is 1. The average molecular weight is 470 g/mol. The van der Waals surface area contributed by atoms with Crippen molar-refractivity contribution in [1.29, 1.82) is 0 Å². The molecule has 0 saturated carbocycles. The normalized spacial score (nSPS) is 12.0. The van der Waals surface area contributed by atoms with Crippen LogP contribution in [-0.4, -0.2) is 29.3 Å². The van der Waals surface area contributed by atoms with E-state index < -0.39 is 0 Å². The van der Waals surface area contributed by atoms with E-state index >= 15 is 0 Å². The molecule has 0 amide bonds. The number of carbonyl (C=O) groups is 1. The van der Waals surface area contributed by atoms with Crippen LogP contribution in [0.4, 0.5) is 0 Å². The van der Waals surface area contributed by atoms with Crippen LogP contribution in [0.25, 0.3) is 34.0 Å². The van der Waals surface area contributed by atoms with Crippen molar-refractivity contribution < 1.29 is 13.9 Å². The molecule has 35 heavy (non-hydrogen) atoms. The molecule has 1 unspecified atom stereocenters. The van der Waals surface area contributed by atoms with Gasteiger partial charge >= 0.3 is 5.97 Å². The molecule has 1 aromatic heterocycles. The second-order valence-electron chi connectivity index (χ2n) is 9.04. The summed E-state index contributed by atoms with van der Waals surface area (Å²) in [5.41, 5.74) is 6.14. The first-order chi connectivity index (χ1) is 17.0. The number of benzene rings is 3. The summed E-state index contributed by atoms with van der Waals surface area (Å²) in [6, 6.07) is 23.9. The lowest BCUT2D eigenvalue weighted by Crippen LogP contribution is -2.38. The van der Waals surface area contributed by atoms with Crippen LogP contribution >= 0.6 is 0 Å². The molecule has 4 rings (SSSR count). The third kappa shape index (κ3) is 5.84. The van der Waals surface area contributed by atoms with Crippen LogP contribution in [0, 0.1) is 12.8 Å². The minimum atomic E-state index is -0.349. The van der Waals surface area contributed by atoms with E-state index in [9.17, 15) is 4.79 Å². The van der Waals surface area contributed by atoms with Gasteiger partial charge in [-0.1, -0.05) is 68.4 Å². The topological polar surface area (TPSA) is 77.2 Å². The number of aromatic nitrogens is 2. The van der Waals surface area contributed by atoms with Gasteiger partial charge in [0.15, 0.2) is 0 Å². The molecule has 6 nitrogen and oxygen atoms in total. The van der Waals surface area contributed by atoms with E-state index in [0.717, 1.165) is 33.4 Å². The summed E-state index contributed by atoms with van der Waals surface area (Å²) in [7, 11) is 1.42. The maximum absolute atomic E-state index is 12.1. The van der Waals surface area contributed by atoms with Gasteiger partial charge in [-0.3, -0.25) is 4.79 Å². The fourth-order valence-corrected chi connectivity index (χ4v) is 4.18. The Morgan fingerprint density at radius 2 is 1.60 bits per heavy atom. The molecule has 4 aromatic rings. The average Bonchev–Trinajstić information content (AvgIpc) is 3.37. The van der Waals surface area contributed by atoms with E-state index in [0.29, 0.717) is 30.7 Å². The number of carbonyl (C=O) groups excluding carboxylic acids is 1. The zero-order chi connectivity index (χ0) is 24.8. The van der Waals surface area contributed by atoms with E-state index in [4.69, 9.17) is 9.15 Å². The Morgan fingerprint density at radius 1 is 0.914 bits per heavy atom. The van der Waals surface area contributed by atoms with Crippen LogP contribution in [-0.2, 0) is 16.1 Å². The first-order valence-corrected chi connectivity index (χ1v) is 11.9. The lowest BCUT2D eigenvalue weighted by atomic mass is 9.96. The monoisotopic (exact) mass is 469 g/mol. The van der Waals surface area contributed by atoms with Crippen LogP contribution in [0.2, 0.25) is 0 Å². The molecule has 0 aliphatic rings. The maximum atomic E-state index is 12.1. The summed E-state index contributed by atoms with van der Waals surface area (Å²) >= 11 is 0. The van der Waals surface area contributed by atoms with Crippen LogP contribution < -0.4 is 5.32 Å². The number of esters is 1. The summed E-state index contributed by atoms with van der Waals surface area (Å²) < 4.78 is 11.1. The largest absolute Gasteiger partial charge is 0.468 e. The molecular formula is C29H31N3O3. The lowest BCUT2D eigenvalue weighted by molar-refractivity contribution is -0.143. The standard InChI is InChI=1S/C29H31N3O3/c1-19(2)16-26(29(33)34-4)30-18-21-10-8-13-23(17-21)27-31-32-28(35-27)25-15-9-14-24(20(25)3)22-11-6-5-7-12-22/h5-15,17,19,26,30H,16,18H2,1-4H3. The van der Waals surface area contributed by atoms with E-state index in [1.54, 1.807) is 0 Å². The smallest absolute Gasteiger partial charge is 0.322 e. The van der Waals surface area contributed by atoms with Gasteiger partial charge in [-0.2, -0.15) is 0 Å².